The van der Waals surface area contributed by atoms with Crippen molar-refractivity contribution in [2.75, 3.05) is 6.61 Å². The Balaban J connectivity index is 1.86. The van der Waals surface area contributed by atoms with Crippen LogP contribution in [0.5, 0.6) is 5.75 Å². The zero-order valence-electron chi connectivity index (χ0n) is 11.9. The standard InChI is InChI=1S/C16H13ClF3NO2/c17-13-6-1-2-7-14(13)23-10-15(22)21-9-11-4-3-5-12(8-11)16(18,19)20/h1-8H,9-10H2,(H,21,22). The van der Waals surface area contributed by atoms with E-state index < -0.39 is 17.6 Å². The van der Waals surface area contributed by atoms with Crippen LogP contribution in [-0.2, 0) is 17.5 Å². The van der Waals surface area contributed by atoms with Gasteiger partial charge in [0.05, 0.1) is 10.6 Å². The summed E-state index contributed by atoms with van der Waals surface area (Å²) in [5, 5.41) is 2.87. The molecule has 3 nitrogen and oxygen atoms in total. The van der Waals surface area contributed by atoms with E-state index in [0.717, 1.165) is 12.1 Å². The number of carbonyl (C=O) groups is 1. The second kappa shape index (κ2) is 7.37. The Labute approximate surface area is 136 Å². The number of hydrogen-bond donors (Lipinski definition) is 1. The Morgan fingerprint density at radius 3 is 2.57 bits per heavy atom. The van der Waals surface area contributed by atoms with Crippen LogP contribution in [0, 0.1) is 0 Å². The molecule has 2 aromatic carbocycles. The number of hydrogen-bond acceptors (Lipinski definition) is 2. The summed E-state index contributed by atoms with van der Waals surface area (Å²) in [4.78, 5) is 11.7. The molecule has 7 heteroatoms. The molecule has 0 saturated heterocycles. The Hall–Kier alpha value is -2.21. The van der Waals surface area contributed by atoms with Crippen LogP contribution >= 0.6 is 11.6 Å². The van der Waals surface area contributed by atoms with Crippen molar-refractivity contribution in [3.63, 3.8) is 0 Å². The summed E-state index contributed by atoms with van der Waals surface area (Å²) in [6.45, 7) is -0.294. The lowest BCUT2D eigenvalue weighted by molar-refractivity contribution is -0.137. The number of ether oxygens (including phenoxy) is 1. The second-order valence-corrected chi connectivity index (χ2v) is 5.10. The highest BCUT2D eigenvalue weighted by Crippen LogP contribution is 2.29. The Kier molecular flexibility index (Phi) is 5.50. The van der Waals surface area contributed by atoms with Crippen molar-refractivity contribution in [3.05, 3.63) is 64.7 Å². The van der Waals surface area contributed by atoms with Crippen LogP contribution in [0.2, 0.25) is 5.02 Å². The zero-order valence-corrected chi connectivity index (χ0v) is 12.6. The van der Waals surface area contributed by atoms with Gasteiger partial charge in [-0.3, -0.25) is 4.79 Å². The van der Waals surface area contributed by atoms with Gasteiger partial charge in [-0.25, -0.2) is 0 Å². The maximum Gasteiger partial charge on any atom is 0.416 e. The molecule has 0 spiro atoms. The third-order valence-corrected chi connectivity index (χ3v) is 3.25. The Morgan fingerprint density at radius 2 is 1.87 bits per heavy atom. The van der Waals surface area contributed by atoms with Gasteiger partial charge in [0.1, 0.15) is 5.75 Å². The number of carbonyl (C=O) groups excluding carboxylic acids is 1. The lowest BCUT2D eigenvalue weighted by Gasteiger charge is -2.10. The van der Waals surface area contributed by atoms with Crippen LogP contribution in [0.4, 0.5) is 13.2 Å². The average molecular weight is 344 g/mol. The summed E-state index contributed by atoms with van der Waals surface area (Å²) in [6.07, 6.45) is -4.41. The largest absolute Gasteiger partial charge is 0.482 e. The van der Waals surface area contributed by atoms with Crippen LogP contribution in [-0.4, -0.2) is 12.5 Å². The van der Waals surface area contributed by atoms with Crippen molar-refractivity contribution in [2.24, 2.45) is 0 Å². The molecular weight excluding hydrogens is 331 g/mol. The van der Waals surface area contributed by atoms with Gasteiger partial charge < -0.3 is 10.1 Å². The van der Waals surface area contributed by atoms with Crippen molar-refractivity contribution in [2.45, 2.75) is 12.7 Å². The minimum Gasteiger partial charge on any atom is -0.482 e. The van der Waals surface area contributed by atoms with Crippen LogP contribution in [0.15, 0.2) is 48.5 Å². The molecule has 0 aromatic heterocycles. The molecule has 2 rings (SSSR count). The van der Waals surface area contributed by atoms with Crippen LogP contribution < -0.4 is 10.1 Å². The Bertz CT molecular complexity index is 689. The minimum atomic E-state index is -4.41. The number of halogens is 4. The van der Waals surface area contributed by atoms with Gasteiger partial charge in [0.25, 0.3) is 5.91 Å². The topological polar surface area (TPSA) is 38.3 Å². The predicted molar refractivity (Wildman–Crippen MR) is 80.2 cm³/mol. The van der Waals surface area contributed by atoms with Crippen LogP contribution in [0.1, 0.15) is 11.1 Å². The van der Waals surface area contributed by atoms with Crippen LogP contribution in [0.25, 0.3) is 0 Å². The van der Waals surface area contributed by atoms with Gasteiger partial charge in [0.15, 0.2) is 6.61 Å². The van der Waals surface area contributed by atoms with E-state index in [0.29, 0.717) is 16.3 Å². The predicted octanol–water partition coefficient (Wildman–Crippen LogP) is 4.05. The molecule has 23 heavy (non-hydrogen) atoms. The van der Waals surface area contributed by atoms with Crippen molar-refractivity contribution >= 4 is 17.5 Å². The van der Waals surface area contributed by atoms with Crippen molar-refractivity contribution in [3.8, 4) is 5.75 Å². The first-order valence-electron chi connectivity index (χ1n) is 6.66. The summed E-state index contributed by atoms with van der Waals surface area (Å²) >= 11 is 5.88. The fourth-order valence-electron chi connectivity index (χ4n) is 1.81. The first-order valence-corrected chi connectivity index (χ1v) is 7.04. The summed E-state index contributed by atoms with van der Waals surface area (Å²) in [5.74, 6) is -0.0919. The third kappa shape index (κ3) is 5.17. The molecule has 0 atom stereocenters. The second-order valence-electron chi connectivity index (χ2n) is 4.69. The van der Waals surface area contributed by atoms with E-state index in [4.69, 9.17) is 16.3 Å². The Morgan fingerprint density at radius 1 is 1.13 bits per heavy atom. The van der Waals surface area contributed by atoms with Gasteiger partial charge in [-0.2, -0.15) is 13.2 Å². The number of rotatable bonds is 5. The highest BCUT2D eigenvalue weighted by molar-refractivity contribution is 6.32. The highest BCUT2D eigenvalue weighted by Gasteiger charge is 2.30. The monoisotopic (exact) mass is 343 g/mol. The van der Waals surface area contributed by atoms with Gasteiger partial charge in [0.2, 0.25) is 0 Å². The molecule has 0 aliphatic heterocycles. The van der Waals surface area contributed by atoms with E-state index in [1.54, 1.807) is 24.3 Å². The molecule has 1 N–H and O–H groups in total. The molecule has 1 amide bonds. The van der Waals surface area contributed by atoms with Gasteiger partial charge in [-0.1, -0.05) is 35.9 Å². The van der Waals surface area contributed by atoms with Crippen molar-refractivity contribution < 1.29 is 22.7 Å². The number of alkyl halides is 3. The molecule has 0 radical (unpaired) electrons. The number of amides is 1. The van der Waals surface area contributed by atoms with Gasteiger partial charge in [0, 0.05) is 6.54 Å². The van der Waals surface area contributed by atoms with Gasteiger partial charge in [-0.15, -0.1) is 0 Å². The van der Waals surface area contributed by atoms with Gasteiger partial charge >= 0.3 is 6.18 Å². The van der Waals surface area contributed by atoms with Crippen molar-refractivity contribution in [1.29, 1.82) is 0 Å². The quantitative estimate of drug-likeness (QED) is 0.889. The minimum absolute atomic E-state index is 0.0192. The lowest BCUT2D eigenvalue weighted by Crippen LogP contribution is -2.28. The number of para-hydroxylation sites is 1. The first kappa shape index (κ1) is 17.1. The molecule has 0 fully saturated rings. The van der Waals surface area contributed by atoms with Crippen LogP contribution in [0.3, 0.4) is 0 Å². The van der Waals surface area contributed by atoms with E-state index >= 15 is 0 Å². The molecule has 0 bridgehead atoms. The summed E-state index contributed by atoms with van der Waals surface area (Å²) in [7, 11) is 0. The summed E-state index contributed by atoms with van der Waals surface area (Å²) in [5.41, 5.74) is -0.400. The maximum atomic E-state index is 12.6. The average Bonchev–Trinajstić information content (AvgIpc) is 2.51. The highest BCUT2D eigenvalue weighted by atomic mass is 35.5. The fraction of sp³-hybridized carbons (Fsp3) is 0.188. The molecule has 0 aliphatic carbocycles. The molecular formula is C16H13ClF3NO2. The maximum absolute atomic E-state index is 12.6. The van der Waals surface area contributed by atoms with E-state index in [2.05, 4.69) is 5.32 Å². The third-order valence-electron chi connectivity index (χ3n) is 2.94. The summed E-state index contributed by atoms with van der Waals surface area (Å²) < 4.78 is 43.0. The van der Waals surface area contributed by atoms with E-state index in [1.807, 2.05) is 0 Å². The van der Waals surface area contributed by atoms with E-state index in [1.165, 1.54) is 12.1 Å². The van der Waals surface area contributed by atoms with Gasteiger partial charge in [-0.05, 0) is 29.8 Å². The molecule has 2 aromatic rings. The molecule has 0 aliphatic rings. The fourth-order valence-corrected chi connectivity index (χ4v) is 2.00. The zero-order chi connectivity index (χ0) is 16.9. The normalized spacial score (nSPS) is 11.1. The number of benzene rings is 2. The molecule has 0 saturated carbocycles. The smallest absolute Gasteiger partial charge is 0.416 e. The van der Waals surface area contributed by atoms with E-state index in [-0.39, 0.29) is 13.2 Å². The van der Waals surface area contributed by atoms with Crippen molar-refractivity contribution in [1.82, 2.24) is 5.32 Å². The molecule has 0 heterocycles. The SMILES string of the molecule is O=C(COc1ccccc1Cl)NCc1cccc(C(F)(F)F)c1. The lowest BCUT2D eigenvalue weighted by atomic mass is 10.1. The number of nitrogens with one attached hydrogen (secondary N) is 1. The molecule has 122 valence electrons. The first-order chi connectivity index (χ1) is 10.9. The summed E-state index contributed by atoms with van der Waals surface area (Å²) in [6, 6.07) is 11.4. The molecule has 0 unspecified atom stereocenters. The van der Waals surface area contributed by atoms with E-state index in [9.17, 15) is 18.0 Å².